The molecular formula is C22H19N5O3. The molecule has 0 saturated heterocycles. The molecule has 4 aromatic rings. The highest BCUT2D eigenvalue weighted by Crippen LogP contribution is 2.37. The van der Waals surface area contributed by atoms with Gasteiger partial charge in [0.05, 0.1) is 4.92 Å². The van der Waals surface area contributed by atoms with Crippen molar-refractivity contribution in [2.45, 2.75) is 20.8 Å². The fourth-order valence-corrected chi connectivity index (χ4v) is 3.11. The Labute approximate surface area is 172 Å². The lowest BCUT2D eigenvalue weighted by atomic mass is 10.1. The van der Waals surface area contributed by atoms with Crippen LogP contribution in [-0.4, -0.2) is 19.9 Å². The number of para-hydroxylation sites is 1. The van der Waals surface area contributed by atoms with Crippen molar-refractivity contribution in [2.24, 2.45) is 0 Å². The first kappa shape index (κ1) is 19.3. The predicted molar refractivity (Wildman–Crippen MR) is 114 cm³/mol. The van der Waals surface area contributed by atoms with Gasteiger partial charge in [0.2, 0.25) is 5.82 Å². The molecule has 1 N–H and O–H groups in total. The number of fused-ring (bicyclic) bond motifs is 1. The standard InChI is InChI=1S/C22H19N5O3/c1-13-6-4-8-17(15(13)3)26-21-20(27(28)29)22(24-12-23-21)30-18-9-5-7-16-11-10-14(2)25-19(16)18/h4-12H,1-3H3,(H,23,24,26). The molecule has 4 rings (SSSR count). The van der Waals surface area contributed by atoms with E-state index in [1.807, 2.05) is 57.2 Å². The lowest BCUT2D eigenvalue weighted by Gasteiger charge is -2.13. The summed E-state index contributed by atoms with van der Waals surface area (Å²) in [6.07, 6.45) is 1.24. The van der Waals surface area contributed by atoms with Crippen molar-refractivity contribution in [1.82, 2.24) is 15.0 Å². The van der Waals surface area contributed by atoms with Crippen molar-refractivity contribution in [2.75, 3.05) is 5.32 Å². The van der Waals surface area contributed by atoms with Gasteiger partial charge in [-0.25, -0.2) is 9.97 Å². The highest BCUT2D eigenvalue weighted by molar-refractivity contribution is 5.85. The molecule has 0 radical (unpaired) electrons. The molecule has 8 nitrogen and oxygen atoms in total. The molecule has 150 valence electrons. The minimum absolute atomic E-state index is 0.0584. The fraction of sp³-hybridized carbons (Fsp3) is 0.136. The number of nitrogens with one attached hydrogen (secondary N) is 1. The molecule has 0 aliphatic carbocycles. The highest BCUT2D eigenvalue weighted by atomic mass is 16.6. The summed E-state index contributed by atoms with van der Waals surface area (Å²) >= 11 is 0. The molecule has 2 aromatic heterocycles. The average Bonchev–Trinajstić information content (AvgIpc) is 2.72. The molecular weight excluding hydrogens is 382 g/mol. The SMILES string of the molecule is Cc1ccc2cccc(Oc3ncnc(Nc4cccc(C)c4C)c3[N+](=O)[O-])c2n1. The zero-order chi connectivity index (χ0) is 21.3. The van der Waals surface area contributed by atoms with Gasteiger partial charge < -0.3 is 10.1 Å². The molecule has 0 spiro atoms. The number of benzene rings is 2. The van der Waals surface area contributed by atoms with Crippen LogP contribution in [0.1, 0.15) is 16.8 Å². The summed E-state index contributed by atoms with van der Waals surface area (Å²) in [6, 6.07) is 14.9. The number of nitrogens with zero attached hydrogens (tertiary/aromatic N) is 4. The Morgan fingerprint density at radius 3 is 2.60 bits per heavy atom. The molecule has 0 saturated carbocycles. The number of aromatic nitrogens is 3. The Hall–Kier alpha value is -4.07. The largest absolute Gasteiger partial charge is 0.431 e. The number of rotatable bonds is 5. The van der Waals surface area contributed by atoms with E-state index in [2.05, 4.69) is 20.3 Å². The van der Waals surface area contributed by atoms with Crippen molar-refractivity contribution in [3.05, 3.63) is 81.8 Å². The third-order valence-electron chi connectivity index (χ3n) is 4.86. The summed E-state index contributed by atoms with van der Waals surface area (Å²) < 4.78 is 5.88. The third kappa shape index (κ3) is 3.62. The van der Waals surface area contributed by atoms with Crippen molar-refractivity contribution in [3.63, 3.8) is 0 Å². The van der Waals surface area contributed by atoms with Crippen LogP contribution in [0.4, 0.5) is 17.2 Å². The van der Waals surface area contributed by atoms with Gasteiger partial charge in [0.25, 0.3) is 0 Å². The molecule has 0 aliphatic heterocycles. The third-order valence-corrected chi connectivity index (χ3v) is 4.86. The molecule has 8 heteroatoms. The van der Waals surface area contributed by atoms with Gasteiger partial charge in [0.15, 0.2) is 5.75 Å². The van der Waals surface area contributed by atoms with Gasteiger partial charge >= 0.3 is 11.6 Å². The Morgan fingerprint density at radius 1 is 1.00 bits per heavy atom. The molecule has 0 unspecified atom stereocenters. The van der Waals surface area contributed by atoms with E-state index in [9.17, 15) is 10.1 Å². The zero-order valence-corrected chi connectivity index (χ0v) is 16.7. The van der Waals surface area contributed by atoms with Gasteiger partial charge in [-0.1, -0.05) is 30.3 Å². The monoisotopic (exact) mass is 401 g/mol. The van der Waals surface area contributed by atoms with Crippen LogP contribution in [0.2, 0.25) is 0 Å². The summed E-state index contributed by atoms with van der Waals surface area (Å²) in [5.74, 6) is 0.289. The van der Waals surface area contributed by atoms with Crippen molar-refractivity contribution >= 4 is 28.1 Å². The zero-order valence-electron chi connectivity index (χ0n) is 16.7. The first-order valence-electron chi connectivity index (χ1n) is 9.31. The van der Waals surface area contributed by atoms with Gasteiger partial charge in [-0.05, 0) is 50.1 Å². The second-order valence-corrected chi connectivity index (χ2v) is 6.89. The Balaban J connectivity index is 1.78. The molecule has 0 amide bonds. The quantitative estimate of drug-likeness (QED) is 0.353. The molecule has 0 bridgehead atoms. The van der Waals surface area contributed by atoms with E-state index in [4.69, 9.17) is 4.74 Å². The summed E-state index contributed by atoms with van der Waals surface area (Å²) in [4.78, 5) is 23.9. The summed E-state index contributed by atoms with van der Waals surface area (Å²) in [5.41, 5.74) is 3.84. The molecule has 30 heavy (non-hydrogen) atoms. The smallest absolute Gasteiger partial charge is 0.373 e. The van der Waals surface area contributed by atoms with Gasteiger partial charge in [-0.2, -0.15) is 4.98 Å². The average molecular weight is 401 g/mol. The summed E-state index contributed by atoms with van der Waals surface area (Å²) in [6.45, 7) is 5.78. The molecule has 0 atom stereocenters. The van der Waals surface area contributed by atoms with Crippen molar-refractivity contribution < 1.29 is 9.66 Å². The molecule has 2 heterocycles. The number of ether oxygens (including phenoxy) is 1. The maximum Gasteiger partial charge on any atom is 0.373 e. The molecule has 2 aromatic carbocycles. The van der Waals surface area contributed by atoms with E-state index < -0.39 is 4.92 Å². The van der Waals surface area contributed by atoms with Crippen LogP contribution >= 0.6 is 0 Å². The van der Waals surface area contributed by atoms with E-state index in [0.29, 0.717) is 11.3 Å². The second-order valence-electron chi connectivity index (χ2n) is 6.89. The maximum absolute atomic E-state index is 11.9. The minimum atomic E-state index is -0.549. The summed E-state index contributed by atoms with van der Waals surface area (Å²) in [5, 5.41) is 15.8. The number of hydrogen-bond acceptors (Lipinski definition) is 7. The van der Waals surface area contributed by atoms with E-state index >= 15 is 0 Å². The van der Waals surface area contributed by atoms with Gasteiger partial charge in [-0.15, -0.1) is 0 Å². The number of aryl methyl sites for hydroxylation is 2. The van der Waals surface area contributed by atoms with E-state index in [1.54, 1.807) is 12.1 Å². The van der Waals surface area contributed by atoms with Gasteiger partial charge in [0.1, 0.15) is 11.8 Å². The van der Waals surface area contributed by atoms with Crippen molar-refractivity contribution in [3.8, 4) is 11.6 Å². The predicted octanol–water partition coefficient (Wildman–Crippen LogP) is 5.39. The molecule has 0 fully saturated rings. The topological polar surface area (TPSA) is 103 Å². The Bertz CT molecular complexity index is 1270. The van der Waals surface area contributed by atoms with E-state index in [0.717, 1.165) is 27.9 Å². The normalized spacial score (nSPS) is 10.8. The number of anilines is 2. The van der Waals surface area contributed by atoms with Gasteiger partial charge in [0, 0.05) is 16.8 Å². The van der Waals surface area contributed by atoms with E-state index in [1.165, 1.54) is 6.33 Å². The van der Waals surface area contributed by atoms with Crippen LogP contribution in [0.3, 0.4) is 0 Å². The van der Waals surface area contributed by atoms with E-state index in [-0.39, 0.29) is 17.4 Å². The maximum atomic E-state index is 11.9. The summed E-state index contributed by atoms with van der Waals surface area (Å²) in [7, 11) is 0. The highest BCUT2D eigenvalue weighted by Gasteiger charge is 2.26. The number of hydrogen-bond donors (Lipinski definition) is 1. The van der Waals surface area contributed by atoms with Crippen LogP contribution < -0.4 is 10.1 Å². The minimum Gasteiger partial charge on any atom is -0.431 e. The van der Waals surface area contributed by atoms with Crippen LogP contribution in [0.15, 0.2) is 54.9 Å². The van der Waals surface area contributed by atoms with Crippen LogP contribution in [0.25, 0.3) is 10.9 Å². The van der Waals surface area contributed by atoms with Crippen LogP contribution in [0, 0.1) is 30.9 Å². The van der Waals surface area contributed by atoms with Crippen LogP contribution in [-0.2, 0) is 0 Å². The molecule has 0 aliphatic rings. The fourth-order valence-electron chi connectivity index (χ4n) is 3.11. The lowest BCUT2D eigenvalue weighted by Crippen LogP contribution is -2.05. The Morgan fingerprint density at radius 2 is 1.80 bits per heavy atom. The van der Waals surface area contributed by atoms with Crippen LogP contribution in [0.5, 0.6) is 11.6 Å². The number of nitro groups is 1. The first-order valence-corrected chi connectivity index (χ1v) is 9.31. The first-order chi connectivity index (χ1) is 14.4. The lowest BCUT2D eigenvalue weighted by molar-refractivity contribution is -0.385. The Kier molecular flexibility index (Phi) is 4.97. The number of pyridine rings is 1. The second kappa shape index (κ2) is 7.75. The van der Waals surface area contributed by atoms with Gasteiger partial charge in [-0.3, -0.25) is 10.1 Å². The van der Waals surface area contributed by atoms with Crippen molar-refractivity contribution in [1.29, 1.82) is 0 Å².